The van der Waals surface area contributed by atoms with E-state index in [0.29, 0.717) is 22.8 Å². The highest BCUT2D eigenvalue weighted by atomic mass is 35.5. The van der Waals surface area contributed by atoms with Crippen molar-refractivity contribution in [2.45, 2.75) is 18.9 Å². The molecule has 1 atom stereocenters. The molecule has 0 saturated heterocycles. The van der Waals surface area contributed by atoms with E-state index < -0.39 is 6.10 Å². The Morgan fingerprint density at radius 1 is 1.15 bits per heavy atom. The van der Waals surface area contributed by atoms with E-state index in [1.807, 2.05) is 0 Å². The SMILES string of the molecule is COc1ccc(Cl)cc1CC(O)Cc1ccccc1F. The number of methoxy groups -OCH3 is 1. The number of aliphatic hydroxyl groups is 1. The van der Waals surface area contributed by atoms with Gasteiger partial charge in [0.15, 0.2) is 0 Å². The molecular formula is C16H16ClFO2. The van der Waals surface area contributed by atoms with Crippen LogP contribution in [0.5, 0.6) is 5.75 Å². The van der Waals surface area contributed by atoms with E-state index in [-0.39, 0.29) is 12.2 Å². The molecule has 2 rings (SSSR count). The Labute approximate surface area is 122 Å². The van der Waals surface area contributed by atoms with Crippen LogP contribution in [0.25, 0.3) is 0 Å². The molecule has 1 unspecified atom stereocenters. The van der Waals surface area contributed by atoms with Crippen molar-refractivity contribution in [1.82, 2.24) is 0 Å². The Balaban J connectivity index is 2.10. The Morgan fingerprint density at radius 2 is 1.85 bits per heavy atom. The summed E-state index contributed by atoms with van der Waals surface area (Å²) in [5.41, 5.74) is 1.31. The molecule has 4 heteroatoms. The molecule has 2 aromatic carbocycles. The molecule has 2 aromatic rings. The zero-order valence-corrected chi connectivity index (χ0v) is 11.9. The highest BCUT2D eigenvalue weighted by molar-refractivity contribution is 6.30. The highest BCUT2D eigenvalue weighted by Gasteiger charge is 2.13. The zero-order chi connectivity index (χ0) is 14.5. The lowest BCUT2D eigenvalue weighted by molar-refractivity contribution is 0.173. The fourth-order valence-electron chi connectivity index (χ4n) is 2.15. The summed E-state index contributed by atoms with van der Waals surface area (Å²) in [6.45, 7) is 0. The van der Waals surface area contributed by atoms with Crippen molar-refractivity contribution in [1.29, 1.82) is 0 Å². The quantitative estimate of drug-likeness (QED) is 0.912. The molecule has 0 amide bonds. The van der Waals surface area contributed by atoms with Gasteiger partial charge in [0.2, 0.25) is 0 Å². The average molecular weight is 295 g/mol. The summed E-state index contributed by atoms with van der Waals surface area (Å²) in [7, 11) is 1.57. The molecule has 0 aromatic heterocycles. The van der Waals surface area contributed by atoms with Gasteiger partial charge in [-0.15, -0.1) is 0 Å². The Hall–Kier alpha value is -1.58. The molecule has 0 spiro atoms. The Bertz CT molecular complexity index is 586. The van der Waals surface area contributed by atoms with E-state index in [1.165, 1.54) is 6.07 Å². The van der Waals surface area contributed by atoms with Crippen molar-refractivity contribution in [2.24, 2.45) is 0 Å². The lowest BCUT2D eigenvalue weighted by Crippen LogP contribution is -2.15. The minimum Gasteiger partial charge on any atom is -0.496 e. The summed E-state index contributed by atoms with van der Waals surface area (Å²) >= 11 is 5.95. The highest BCUT2D eigenvalue weighted by Crippen LogP contribution is 2.24. The lowest BCUT2D eigenvalue weighted by Gasteiger charge is -2.14. The Kier molecular flexibility index (Phi) is 4.99. The molecule has 106 valence electrons. The standard InChI is InChI=1S/C16H16ClFO2/c1-20-16-7-6-13(17)8-12(16)10-14(19)9-11-4-2-3-5-15(11)18/h2-8,14,19H,9-10H2,1H3. The lowest BCUT2D eigenvalue weighted by atomic mass is 10.0. The third-order valence-electron chi connectivity index (χ3n) is 3.11. The maximum Gasteiger partial charge on any atom is 0.126 e. The maximum absolute atomic E-state index is 13.5. The smallest absolute Gasteiger partial charge is 0.126 e. The van der Waals surface area contributed by atoms with Crippen LogP contribution in [0.1, 0.15) is 11.1 Å². The fraction of sp³-hybridized carbons (Fsp3) is 0.250. The van der Waals surface area contributed by atoms with Crippen LogP contribution in [0.4, 0.5) is 4.39 Å². The largest absolute Gasteiger partial charge is 0.496 e. The van der Waals surface area contributed by atoms with Gasteiger partial charge in [-0.3, -0.25) is 0 Å². The van der Waals surface area contributed by atoms with Crippen LogP contribution in [0.15, 0.2) is 42.5 Å². The van der Waals surface area contributed by atoms with Crippen LogP contribution in [0.2, 0.25) is 5.02 Å². The van der Waals surface area contributed by atoms with Crippen molar-refractivity contribution >= 4 is 11.6 Å². The van der Waals surface area contributed by atoms with Gasteiger partial charge in [0, 0.05) is 17.9 Å². The number of ether oxygens (including phenoxy) is 1. The minimum atomic E-state index is -0.695. The molecule has 0 aliphatic rings. The second-order valence-corrected chi connectivity index (χ2v) is 5.05. The molecule has 0 heterocycles. The van der Waals surface area contributed by atoms with Gasteiger partial charge in [-0.25, -0.2) is 4.39 Å². The molecule has 0 aliphatic carbocycles. The van der Waals surface area contributed by atoms with E-state index in [2.05, 4.69) is 0 Å². The van der Waals surface area contributed by atoms with Gasteiger partial charge in [0.05, 0.1) is 13.2 Å². The summed E-state index contributed by atoms with van der Waals surface area (Å²) in [5.74, 6) is 0.367. The first-order chi connectivity index (χ1) is 9.60. The first-order valence-electron chi connectivity index (χ1n) is 6.34. The van der Waals surface area contributed by atoms with Crippen LogP contribution in [-0.2, 0) is 12.8 Å². The van der Waals surface area contributed by atoms with Gasteiger partial charge in [-0.05, 0) is 35.4 Å². The molecule has 0 bridgehead atoms. The van der Waals surface area contributed by atoms with Crippen molar-refractivity contribution in [3.63, 3.8) is 0 Å². The predicted molar refractivity (Wildman–Crippen MR) is 77.8 cm³/mol. The van der Waals surface area contributed by atoms with Crippen LogP contribution >= 0.6 is 11.6 Å². The number of benzene rings is 2. The zero-order valence-electron chi connectivity index (χ0n) is 11.1. The first kappa shape index (κ1) is 14.8. The number of hydrogen-bond acceptors (Lipinski definition) is 2. The van der Waals surface area contributed by atoms with Crippen LogP contribution in [-0.4, -0.2) is 18.3 Å². The summed E-state index contributed by atoms with van der Waals surface area (Å²) in [4.78, 5) is 0. The molecular weight excluding hydrogens is 279 g/mol. The van der Waals surface area contributed by atoms with Crippen molar-refractivity contribution < 1.29 is 14.2 Å². The minimum absolute atomic E-state index is 0.252. The van der Waals surface area contributed by atoms with Gasteiger partial charge >= 0.3 is 0 Å². The summed E-state index contributed by atoms with van der Waals surface area (Å²) < 4.78 is 18.8. The predicted octanol–water partition coefficient (Wildman–Crippen LogP) is 3.63. The van der Waals surface area contributed by atoms with Gasteiger partial charge in [0.25, 0.3) is 0 Å². The van der Waals surface area contributed by atoms with Crippen molar-refractivity contribution in [2.75, 3.05) is 7.11 Å². The average Bonchev–Trinajstić information content (AvgIpc) is 2.41. The van der Waals surface area contributed by atoms with E-state index >= 15 is 0 Å². The maximum atomic E-state index is 13.5. The van der Waals surface area contributed by atoms with E-state index in [9.17, 15) is 9.50 Å². The summed E-state index contributed by atoms with van der Waals surface area (Å²) in [5, 5.41) is 10.7. The monoisotopic (exact) mass is 294 g/mol. The summed E-state index contributed by atoms with van der Waals surface area (Å²) in [6, 6.07) is 11.7. The van der Waals surface area contributed by atoms with Gasteiger partial charge < -0.3 is 9.84 Å². The van der Waals surface area contributed by atoms with Gasteiger partial charge in [-0.2, -0.15) is 0 Å². The third-order valence-corrected chi connectivity index (χ3v) is 3.35. The number of halogens is 2. The molecule has 1 N–H and O–H groups in total. The summed E-state index contributed by atoms with van der Waals surface area (Å²) in [6.07, 6.45) is -0.0836. The van der Waals surface area contributed by atoms with E-state index in [0.717, 1.165) is 5.56 Å². The van der Waals surface area contributed by atoms with Gasteiger partial charge in [-0.1, -0.05) is 29.8 Å². The molecule has 20 heavy (non-hydrogen) atoms. The molecule has 0 aliphatic heterocycles. The topological polar surface area (TPSA) is 29.5 Å². The fourth-order valence-corrected chi connectivity index (χ4v) is 2.35. The third kappa shape index (κ3) is 3.71. The normalized spacial score (nSPS) is 12.2. The van der Waals surface area contributed by atoms with Crippen LogP contribution in [0.3, 0.4) is 0 Å². The van der Waals surface area contributed by atoms with Crippen molar-refractivity contribution in [3.05, 3.63) is 64.4 Å². The van der Waals surface area contributed by atoms with E-state index in [4.69, 9.17) is 16.3 Å². The molecule has 0 saturated carbocycles. The Morgan fingerprint density at radius 3 is 2.55 bits per heavy atom. The molecule has 2 nitrogen and oxygen atoms in total. The second kappa shape index (κ2) is 6.73. The van der Waals surface area contributed by atoms with Crippen LogP contribution in [0, 0.1) is 5.82 Å². The number of aliphatic hydroxyl groups excluding tert-OH is 1. The first-order valence-corrected chi connectivity index (χ1v) is 6.72. The van der Waals surface area contributed by atoms with Crippen LogP contribution < -0.4 is 4.74 Å². The molecule has 0 fully saturated rings. The number of hydrogen-bond donors (Lipinski definition) is 1. The van der Waals surface area contributed by atoms with E-state index in [1.54, 1.807) is 43.5 Å². The van der Waals surface area contributed by atoms with Gasteiger partial charge in [0.1, 0.15) is 11.6 Å². The number of rotatable bonds is 5. The second-order valence-electron chi connectivity index (χ2n) is 4.61. The van der Waals surface area contributed by atoms with Crippen molar-refractivity contribution in [3.8, 4) is 5.75 Å². The molecule has 0 radical (unpaired) electrons.